The largest absolute Gasteiger partial charge is 0.357 e. The fraction of sp³-hybridized carbons (Fsp3) is 0.300. The van der Waals surface area contributed by atoms with Gasteiger partial charge in [0.2, 0.25) is 0 Å². The Labute approximate surface area is 187 Å². The van der Waals surface area contributed by atoms with Crippen molar-refractivity contribution in [2.24, 2.45) is 4.99 Å². The van der Waals surface area contributed by atoms with Gasteiger partial charge in [0.05, 0.1) is 11.5 Å². The number of carbonyl (C=O) groups excluding carboxylic acids is 1. The van der Waals surface area contributed by atoms with E-state index in [-0.39, 0.29) is 35.6 Å². The molecule has 0 aliphatic heterocycles. The van der Waals surface area contributed by atoms with Crippen molar-refractivity contribution in [2.45, 2.75) is 20.0 Å². The Kier molecular flexibility index (Phi) is 10.1. The SMILES string of the molecule is CCNC(=NCc1ccc(C(=O)N(C)C)cc1)NCc1ccccc1[N+](=O)[O-].I. The molecule has 0 fully saturated rings. The fourth-order valence-electron chi connectivity index (χ4n) is 2.54. The number of benzene rings is 2. The molecule has 2 N–H and O–H groups in total. The third-order valence-corrected chi connectivity index (χ3v) is 4.01. The van der Waals surface area contributed by atoms with Gasteiger partial charge >= 0.3 is 0 Å². The van der Waals surface area contributed by atoms with E-state index in [0.717, 1.165) is 5.56 Å². The first-order valence-corrected chi connectivity index (χ1v) is 8.97. The minimum atomic E-state index is -0.391. The third-order valence-electron chi connectivity index (χ3n) is 4.01. The molecule has 0 unspecified atom stereocenters. The zero-order chi connectivity index (χ0) is 20.5. The number of carbonyl (C=O) groups is 1. The molecule has 156 valence electrons. The second kappa shape index (κ2) is 12.0. The fourth-order valence-corrected chi connectivity index (χ4v) is 2.54. The van der Waals surface area contributed by atoms with Crippen LogP contribution in [0.3, 0.4) is 0 Å². The molecule has 0 aromatic heterocycles. The van der Waals surface area contributed by atoms with Crippen LogP contribution in [0.1, 0.15) is 28.4 Å². The van der Waals surface area contributed by atoms with E-state index in [1.54, 1.807) is 44.4 Å². The Morgan fingerprint density at radius 3 is 2.34 bits per heavy atom. The van der Waals surface area contributed by atoms with Crippen LogP contribution in [-0.2, 0) is 13.1 Å². The van der Waals surface area contributed by atoms with Gasteiger partial charge in [-0.25, -0.2) is 4.99 Å². The zero-order valence-electron chi connectivity index (χ0n) is 16.7. The van der Waals surface area contributed by atoms with E-state index in [9.17, 15) is 14.9 Å². The standard InChI is InChI=1S/C20H25N5O3.HI/c1-4-21-20(23-14-17-7-5-6-8-18(17)25(27)28)22-13-15-9-11-16(12-10-15)19(26)24(2)3;/h5-12H,4,13-14H2,1-3H3,(H2,21,22,23);1H. The summed E-state index contributed by atoms with van der Waals surface area (Å²) in [4.78, 5) is 28.7. The molecular formula is C20H26IN5O3. The first-order chi connectivity index (χ1) is 13.4. The van der Waals surface area contributed by atoms with Crippen LogP contribution in [0.25, 0.3) is 0 Å². The number of para-hydroxylation sites is 1. The molecule has 2 aromatic carbocycles. The van der Waals surface area contributed by atoms with E-state index >= 15 is 0 Å². The highest BCUT2D eigenvalue weighted by molar-refractivity contribution is 14.0. The summed E-state index contributed by atoms with van der Waals surface area (Å²) in [6.45, 7) is 3.32. The van der Waals surface area contributed by atoms with E-state index in [4.69, 9.17) is 0 Å². The van der Waals surface area contributed by atoms with Crippen LogP contribution in [0.4, 0.5) is 5.69 Å². The van der Waals surface area contributed by atoms with Crippen molar-refractivity contribution in [2.75, 3.05) is 20.6 Å². The Morgan fingerprint density at radius 2 is 1.76 bits per heavy atom. The van der Waals surface area contributed by atoms with Gasteiger partial charge < -0.3 is 15.5 Å². The van der Waals surface area contributed by atoms with Gasteiger partial charge in [0.1, 0.15) is 0 Å². The first kappa shape index (κ1) is 24.3. The predicted molar refractivity (Wildman–Crippen MR) is 125 cm³/mol. The number of rotatable bonds is 7. The highest BCUT2D eigenvalue weighted by Gasteiger charge is 2.12. The van der Waals surface area contributed by atoms with Gasteiger partial charge in [-0.1, -0.05) is 30.3 Å². The number of amides is 1. The molecule has 0 spiro atoms. The summed E-state index contributed by atoms with van der Waals surface area (Å²) >= 11 is 0. The molecule has 0 heterocycles. The Morgan fingerprint density at radius 1 is 1.10 bits per heavy atom. The number of nitrogens with zero attached hydrogens (tertiary/aromatic N) is 3. The quantitative estimate of drug-likeness (QED) is 0.196. The lowest BCUT2D eigenvalue weighted by atomic mass is 10.1. The van der Waals surface area contributed by atoms with Crippen LogP contribution in [-0.4, -0.2) is 42.3 Å². The number of nitrogens with one attached hydrogen (secondary N) is 2. The summed E-state index contributed by atoms with van der Waals surface area (Å²) in [5.74, 6) is 0.517. The first-order valence-electron chi connectivity index (χ1n) is 8.97. The molecule has 1 amide bonds. The summed E-state index contributed by atoms with van der Waals surface area (Å²) in [5.41, 5.74) is 2.24. The summed E-state index contributed by atoms with van der Waals surface area (Å²) in [7, 11) is 3.43. The van der Waals surface area contributed by atoms with Gasteiger partial charge in [-0.15, -0.1) is 24.0 Å². The van der Waals surface area contributed by atoms with E-state index < -0.39 is 4.92 Å². The van der Waals surface area contributed by atoms with Crippen LogP contribution in [0.5, 0.6) is 0 Å². The van der Waals surface area contributed by atoms with E-state index in [1.165, 1.54) is 11.0 Å². The molecule has 0 atom stereocenters. The maximum atomic E-state index is 11.9. The molecule has 0 radical (unpaired) electrons. The Hall–Kier alpha value is -2.69. The van der Waals surface area contributed by atoms with Crippen molar-refractivity contribution in [1.29, 1.82) is 0 Å². The van der Waals surface area contributed by atoms with Gasteiger partial charge in [-0.3, -0.25) is 14.9 Å². The number of aliphatic imine (C=N–C) groups is 1. The van der Waals surface area contributed by atoms with E-state index in [0.29, 0.717) is 36.7 Å². The van der Waals surface area contributed by atoms with Crippen molar-refractivity contribution in [3.05, 3.63) is 75.3 Å². The highest BCUT2D eigenvalue weighted by Crippen LogP contribution is 2.17. The van der Waals surface area contributed by atoms with Crippen LogP contribution < -0.4 is 10.6 Å². The number of guanidine groups is 1. The van der Waals surface area contributed by atoms with Gasteiger partial charge in [0.25, 0.3) is 11.6 Å². The zero-order valence-corrected chi connectivity index (χ0v) is 19.0. The van der Waals surface area contributed by atoms with E-state index in [1.807, 2.05) is 19.1 Å². The van der Waals surface area contributed by atoms with Gasteiger partial charge in [-0.2, -0.15) is 0 Å². The lowest BCUT2D eigenvalue weighted by molar-refractivity contribution is -0.385. The number of halogens is 1. The molecule has 0 bridgehead atoms. The topological polar surface area (TPSA) is 99.9 Å². The third kappa shape index (κ3) is 7.33. The minimum absolute atomic E-state index is 0. The number of hydrogen-bond donors (Lipinski definition) is 2. The minimum Gasteiger partial charge on any atom is -0.357 e. The summed E-state index contributed by atoms with van der Waals surface area (Å²) in [6, 6.07) is 13.9. The van der Waals surface area contributed by atoms with Crippen molar-refractivity contribution >= 4 is 41.5 Å². The average Bonchev–Trinajstić information content (AvgIpc) is 2.70. The Balaban J connectivity index is 0.00000420. The van der Waals surface area contributed by atoms with Crippen LogP contribution in [0, 0.1) is 10.1 Å². The van der Waals surface area contributed by atoms with Gasteiger partial charge in [-0.05, 0) is 24.6 Å². The van der Waals surface area contributed by atoms with Crippen molar-refractivity contribution < 1.29 is 9.72 Å². The maximum Gasteiger partial charge on any atom is 0.274 e. The molecule has 9 heteroatoms. The number of hydrogen-bond acceptors (Lipinski definition) is 4. The Bertz CT molecular complexity index is 853. The highest BCUT2D eigenvalue weighted by atomic mass is 127. The molecule has 0 saturated heterocycles. The van der Waals surface area contributed by atoms with Crippen molar-refractivity contribution in [3.63, 3.8) is 0 Å². The molecule has 0 aliphatic rings. The lowest BCUT2D eigenvalue weighted by Crippen LogP contribution is -2.36. The predicted octanol–water partition coefficient (Wildman–Crippen LogP) is 3.17. The smallest absolute Gasteiger partial charge is 0.274 e. The van der Waals surface area contributed by atoms with Crippen LogP contribution in [0.2, 0.25) is 0 Å². The second-order valence-corrected chi connectivity index (χ2v) is 6.33. The maximum absolute atomic E-state index is 11.9. The molecule has 8 nitrogen and oxygen atoms in total. The van der Waals surface area contributed by atoms with Crippen LogP contribution in [0.15, 0.2) is 53.5 Å². The van der Waals surface area contributed by atoms with Crippen molar-refractivity contribution in [1.82, 2.24) is 15.5 Å². The molecule has 0 aliphatic carbocycles. The van der Waals surface area contributed by atoms with E-state index in [2.05, 4.69) is 15.6 Å². The van der Waals surface area contributed by atoms with Crippen LogP contribution >= 0.6 is 24.0 Å². The monoisotopic (exact) mass is 511 g/mol. The molecule has 0 saturated carbocycles. The van der Waals surface area contributed by atoms with Crippen molar-refractivity contribution in [3.8, 4) is 0 Å². The summed E-state index contributed by atoms with van der Waals surface area (Å²) in [6.07, 6.45) is 0. The van der Waals surface area contributed by atoms with Gasteiger partial charge in [0, 0.05) is 44.4 Å². The summed E-state index contributed by atoms with van der Waals surface area (Å²) in [5, 5.41) is 17.4. The average molecular weight is 511 g/mol. The lowest BCUT2D eigenvalue weighted by Gasteiger charge is -2.12. The number of nitro groups is 1. The normalized spacial score (nSPS) is 10.7. The molecule has 2 rings (SSSR count). The molecule has 29 heavy (non-hydrogen) atoms. The van der Waals surface area contributed by atoms with Gasteiger partial charge in [0.15, 0.2) is 5.96 Å². The number of nitro benzene ring substituents is 1. The second-order valence-electron chi connectivity index (χ2n) is 6.33. The summed E-state index contributed by atoms with van der Waals surface area (Å²) < 4.78 is 0. The molecular weight excluding hydrogens is 485 g/mol. The molecule has 2 aromatic rings.